The number of para-hydroxylation sites is 1. The van der Waals surface area contributed by atoms with E-state index in [9.17, 15) is 4.79 Å². The largest absolute Gasteiger partial charge is 0.493 e. The van der Waals surface area contributed by atoms with E-state index in [2.05, 4.69) is 0 Å². The number of hydrogen-bond donors (Lipinski definition) is 0. The van der Waals surface area contributed by atoms with Crippen LogP contribution < -0.4 is 4.74 Å². The van der Waals surface area contributed by atoms with Crippen molar-refractivity contribution in [2.24, 2.45) is 0 Å². The van der Waals surface area contributed by atoms with E-state index in [0.717, 1.165) is 5.56 Å². The van der Waals surface area contributed by atoms with Crippen LogP contribution in [0.5, 0.6) is 5.75 Å². The molecule has 3 heteroatoms. The second-order valence-corrected chi connectivity index (χ2v) is 5.44. The summed E-state index contributed by atoms with van der Waals surface area (Å²) in [7, 11) is 0. The van der Waals surface area contributed by atoms with Gasteiger partial charge in [-0.2, -0.15) is 0 Å². The van der Waals surface area contributed by atoms with Gasteiger partial charge in [-0.3, -0.25) is 4.79 Å². The maximum atomic E-state index is 12.9. The summed E-state index contributed by atoms with van der Waals surface area (Å²) < 4.78 is 5.59. The zero-order valence-electron chi connectivity index (χ0n) is 13.5. The fourth-order valence-electron chi connectivity index (χ4n) is 2.35. The zero-order chi connectivity index (χ0) is 15.9. The topological polar surface area (TPSA) is 29.5 Å². The number of rotatable bonds is 6. The number of nitrogens with zero attached hydrogens (tertiary/aromatic N) is 1. The van der Waals surface area contributed by atoms with Crippen LogP contribution >= 0.6 is 0 Å². The fraction of sp³-hybridized carbons (Fsp3) is 0.316. The molecule has 3 nitrogen and oxygen atoms in total. The SMILES string of the molecule is CCOc1ccccc1C(=O)N(Cc1ccccc1)C(C)C. The Morgan fingerprint density at radius 3 is 2.32 bits per heavy atom. The molecule has 0 atom stereocenters. The van der Waals surface area contributed by atoms with Crippen molar-refractivity contribution in [1.29, 1.82) is 0 Å². The lowest BCUT2D eigenvalue weighted by Crippen LogP contribution is -2.36. The zero-order valence-corrected chi connectivity index (χ0v) is 13.5. The van der Waals surface area contributed by atoms with Crippen LogP contribution in [0.4, 0.5) is 0 Å². The van der Waals surface area contributed by atoms with Crippen LogP contribution in [0.15, 0.2) is 54.6 Å². The van der Waals surface area contributed by atoms with Crippen molar-refractivity contribution in [1.82, 2.24) is 4.90 Å². The average molecular weight is 297 g/mol. The molecule has 0 bridgehead atoms. The first-order valence-electron chi connectivity index (χ1n) is 7.70. The van der Waals surface area contributed by atoms with Crippen LogP contribution in [0.1, 0.15) is 36.7 Å². The molecular formula is C19H23NO2. The van der Waals surface area contributed by atoms with E-state index >= 15 is 0 Å². The van der Waals surface area contributed by atoms with E-state index in [1.165, 1.54) is 0 Å². The highest BCUT2D eigenvalue weighted by molar-refractivity contribution is 5.97. The highest BCUT2D eigenvalue weighted by atomic mass is 16.5. The molecule has 0 aliphatic heterocycles. The van der Waals surface area contributed by atoms with Crippen LogP contribution in [0.25, 0.3) is 0 Å². The summed E-state index contributed by atoms with van der Waals surface area (Å²) in [6.07, 6.45) is 0. The van der Waals surface area contributed by atoms with Crippen molar-refractivity contribution in [2.75, 3.05) is 6.61 Å². The van der Waals surface area contributed by atoms with Gasteiger partial charge in [0.1, 0.15) is 5.75 Å². The van der Waals surface area contributed by atoms with Crippen molar-refractivity contribution in [3.63, 3.8) is 0 Å². The smallest absolute Gasteiger partial charge is 0.258 e. The van der Waals surface area contributed by atoms with Gasteiger partial charge < -0.3 is 9.64 Å². The molecule has 0 N–H and O–H groups in total. The lowest BCUT2D eigenvalue weighted by atomic mass is 10.1. The second-order valence-electron chi connectivity index (χ2n) is 5.44. The number of carbonyl (C=O) groups excluding carboxylic acids is 1. The molecule has 0 saturated carbocycles. The summed E-state index contributed by atoms with van der Waals surface area (Å²) in [5, 5.41) is 0. The normalized spacial score (nSPS) is 10.5. The standard InChI is InChI=1S/C19H23NO2/c1-4-22-18-13-9-8-12-17(18)19(21)20(15(2)3)14-16-10-6-5-7-11-16/h5-13,15H,4,14H2,1-3H3. The van der Waals surface area contributed by atoms with Gasteiger partial charge in [0.05, 0.1) is 12.2 Å². The third kappa shape index (κ3) is 3.88. The molecule has 0 spiro atoms. The van der Waals surface area contributed by atoms with Gasteiger partial charge in [-0.05, 0) is 38.5 Å². The minimum absolute atomic E-state index is 0.00269. The second kappa shape index (κ2) is 7.64. The Morgan fingerprint density at radius 1 is 1.05 bits per heavy atom. The van der Waals surface area contributed by atoms with E-state index in [4.69, 9.17) is 4.74 Å². The van der Waals surface area contributed by atoms with Crippen molar-refractivity contribution in [3.8, 4) is 5.75 Å². The predicted molar refractivity (Wildman–Crippen MR) is 89.1 cm³/mol. The lowest BCUT2D eigenvalue weighted by Gasteiger charge is -2.27. The molecule has 2 rings (SSSR count). The molecule has 2 aromatic rings. The number of amides is 1. The molecule has 116 valence electrons. The summed E-state index contributed by atoms with van der Waals surface area (Å²) in [5.74, 6) is 0.650. The van der Waals surface area contributed by atoms with Crippen LogP contribution in [0.3, 0.4) is 0 Å². The Hall–Kier alpha value is -2.29. The van der Waals surface area contributed by atoms with Gasteiger partial charge in [-0.1, -0.05) is 42.5 Å². The van der Waals surface area contributed by atoms with Crippen molar-refractivity contribution < 1.29 is 9.53 Å². The molecule has 1 amide bonds. The minimum atomic E-state index is 0.00269. The number of benzene rings is 2. The molecular weight excluding hydrogens is 274 g/mol. The van der Waals surface area contributed by atoms with Crippen LogP contribution in [-0.4, -0.2) is 23.5 Å². The fourth-order valence-corrected chi connectivity index (χ4v) is 2.35. The highest BCUT2D eigenvalue weighted by Crippen LogP contribution is 2.22. The van der Waals surface area contributed by atoms with Gasteiger partial charge in [0, 0.05) is 12.6 Å². The predicted octanol–water partition coefficient (Wildman–Crippen LogP) is 4.14. The molecule has 22 heavy (non-hydrogen) atoms. The highest BCUT2D eigenvalue weighted by Gasteiger charge is 2.22. The summed E-state index contributed by atoms with van der Waals surface area (Å²) in [5.41, 5.74) is 1.74. The molecule has 0 aliphatic rings. The monoisotopic (exact) mass is 297 g/mol. The van der Waals surface area contributed by atoms with E-state index in [1.807, 2.05) is 80.3 Å². The Balaban J connectivity index is 2.27. The number of ether oxygens (including phenoxy) is 1. The average Bonchev–Trinajstić information content (AvgIpc) is 2.53. The summed E-state index contributed by atoms with van der Waals surface area (Å²) in [4.78, 5) is 14.8. The molecule has 0 fully saturated rings. The number of carbonyl (C=O) groups is 1. The van der Waals surface area contributed by atoms with Crippen LogP contribution in [0, 0.1) is 0 Å². The molecule has 0 heterocycles. The van der Waals surface area contributed by atoms with Gasteiger partial charge in [0.25, 0.3) is 5.91 Å². The van der Waals surface area contributed by atoms with Gasteiger partial charge in [0.15, 0.2) is 0 Å². The molecule has 2 aromatic carbocycles. The number of hydrogen-bond acceptors (Lipinski definition) is 2. The first-order valence-corrected chi connectivity index (χ1v) is 7.70. The third-order valence-corrected chi connectivity index (χ3v) is 3.50. The Labute approximate surface area is 132 Å². The van der Waals surface area contributed by atoms with E-state index < -0.39 is 0 Å². The quantitative estimate of drug-likeness (QED) is 0.802. The summed E-state index contributed by atoms with van der Waals surface area (Å²) in [6.45, 7) is 7.13. The van der Waals surface area contributed by atoms with Crippen molar-refractivity contribution in [2.45, 2.75) is 33.4 Å². The first kappa shape index (κ1) is 16.1. The van der Waals surface area contributed by atoms with E-state index in [1.54, 1.807) is 0 Å². The molecule has 0 saturated heterocycles. The maximum absolute atomic E-state index is 12.9. The minimum Gasteiger partial charge on any atom is -0.493 e. The maximum Gasteiger partial charge on any atom is 0.258 e. The van der Waals surface area contributed by atoms with Gasteiger partial charge in [-0.15, -0.1) is 0 Å². The Bertz CT molecular complexity index is 608. The van der Waals surface area contributed by atoms with Crippen molar-refractivity contribution >= 4 is 5.91 Å². The van der Waals surface area contributed by atoms with Gasteiger partial charge in [-0.25, -0.2) is 0 Å². The molecule has 0 radical (unpaired) electrons. The Morgan fingerprint density at radius 2 is 1.68 bits per heavy atom. The van der Waals surface area contributed by atoms with Gasteiger partial charge in [0.2, 0.25) is 0 Å². The summed E-state index contributed by atoms with van der Waals surface area (Å²) >= 11 is 0. The third-order valence-electron chi connectivity index (χ3n) is 3.50. The first-order chi connectivity index (χ1) is 10.6. The molecule has 0 aromatic heterocycles. The molecule has 0 unspecified atom stereocenters. The van der Waals surface area contributed by atoms with Gasteiger partial charge >= 0.3 is 0 Å². The lowest BCUT2D eigenvalue weighted by molar-refractivity contribution is 0.0686. The van der Waals surface area contributed by atoms with Crippen LogP contribution in [-0.2, 0) is 6.54 Å². The van der Waals surface area contributed by atoms with E-state index in [-0.39, 0.29) is 11.9 Å². The van der Waals surface area contributed by atoms with E-state index in [0.29, 0.717) is 24.5 Å². The summed E-state index contributed by atoms with van der Waals surface area (Å²) in [6, 6.07) is 17.6. The van der Waals surface area contributed by atoms with Crippen LogP contribution in [0.2, 0.25) is 0 Å². The van der Waals surface area contributed by atoms with Crippen molar-refractivity contribution in [3.05, 3.63) is 65.7 Å². The molecule has 0 aliphatic carbocycles. The Kier molecular flexibility index (Phi) is 5.59.